The zero-order valence-corrected chi connectivity index (χ0v) is 22.4. The third-order valence-electron chi connectivity index (χ3n) is 5.67. The molecule has 232 valence electrons. The van der Waals surface area contributed by atoms with Crippen LogP contribution in [0.15, 0.2) is 72.8 Å². The fourth-order valence-electron chi connectivity index (χ4n) is 3.43. The van der Waals surface area contributed by atoms with Crippen molar-refractivity contribution in [1.29, 1.82) is 0 Å². The van der Waals surface area contributed by atoms with Crippen LogP contribution in [0.4, 0.5) is 42.1 Å². The first-order valence-electron chi connectivity index (χ1n) is 12.6. The lowest BCUT2D eigenvalue weighted by Gasteiger charge is -2.20. The zero-order valence-electron chi connectivity index (χ0n) is 22.4. The van der Waals surface area contributed by atoms with E-state index in [0.29, 0.717) is 22.7 Å². The molecule has 0 aliphatic carbocycles. The molecular formula is C29H27F7N2O5. The molecule has 0 fully saturated rings. The fourth-order valence-corrected chi connectivity index (χ4v) is 3.43. The van der Waals surface area contributed by atoms with Gasteiger partial charge in [-0.3, -0.25) is 0 Å². The Labute approximate surface area is 241 Å². The first-order valence-corrected chi connectivity index (χ1v) is 12.6. The van der Waals surface area contributed by atoms with Crippen molar-refractivity contribution in [3.05, 3.63) is 83.9 Å². The number of hydrogen-bond donors (Lipinski definition) is 2. The monoisotopic (exact) mass is 616 g/mol. The standard InChI is InChI=1S/C29H27F7N2O5/c30-27(31,29(34,35)36)14-1-15-40-22-10-5-20(6-11-22)28(32,33)43-23-8-2-19(3-9-23)4-13-26(39)42-17-16-41-25-12-7-21(37)18-24(25)38/h2-13,18H,1,14-17,37-38H2/b13-4+. The van der Waals surface area contributed by atoms with Gasteiger partial charge in [-0.05, 0) is 72.7 Å². The number of carbonyl (C=O) groups excluding carboxylic acids is 1. The predicted molar refractivity (Wildman–Crippen MR) is 144 cm³/mol. The summed E-state index contributed by atoms with van der Waals surface area (Å²) in [5.74, 6) is -5.29. The summed E-state index contributed by atoms with van der Waals surface area (Å²) >= 11 is 0. The largest absolute Gasteiger partial charge is 0.494 e. The lowest BCUT2D eigenvalue weighted by Crippen LogP contribution is -2.36. The molecule has 7 nitrogen and oxygen atoms in total. The zero-order chi connectivity index (χ0) is 31.7. The summed E-state index contributed by atoms with van der Waals surface area (Å²) in [5.41, 5.74) is 12.1. The van der Waals surface area contributed by atoms with Gasteiger partial charge in [0, 0.05) is 18.2 Å². The SMILES string of the molecule is Nc1ccc(OCCOC(=O)/C=C/c2ccc(OC(F)(F)c3ccc(OCCCC(F)(F)C(F)(F)F)cc3)cc2)c(N)c1. The van der Waals surface area contributed by atoms with Gasteiger partial charge in [0.25, 0.3) is 0 Å². The summed E-state index contributed by atoms with van der Waals surface area (Å²) in [7, 11) is 0. The molecule has 3 aromatic rings. The number of carbonyl (C=O) groups is 1. The highest BCUT2D eigenvalue weighted by molar-refractivity contribution is 5.87. The molecule has 0 saturated heterocycles. The molecule has 3 rings (SSSR count). The fraction of sp³-hybridized carbons (Fsp3) is 0.276. The maximum absolute atomic E-state index is 14.6. The van der Waals surface area contributed by atoms with E-state index in [2.05, 4.69) is 0 Å². The number of hydrogen-bond acceptors (Lipinski definition) is 7. The van der Waals surface area contributed by atoms with Crippen LogP contribution in [0.3, 0.4) is 0 Å². The van der Waals surface area contributed by atoms with Crippen LogP contribution in [0.1, 0.15) is 24.0 Å². The summed E-state index contributed by atoms with van der Waals surface area (Å²) in [4.78, 5) is 11.9. The summed E-state index contributed by atoms with van der Waals surface area (Å²) in [6.07, 6.45) is -8.93. The Morgan fingerprint density at radius 2 is 1.42 bits per heavy atom. The Morgan fingerprint density at radius 1 is 0.767 bits per heavy atom. The minimum Gasteiger partial charge on any atom is -0.494 e. The van der Waals surface area contributed by atoms with Crippen molar-refractivity contribution in [2.24, 2.45) is 0 Å². The van der Waals surface area contributed by atoms with Gasteiger partial charge < -0.3 is 30.4 Å². The number of nitrogen functional groups attached to an aromatic ring is 2. The van der Waals surface area contributed by atoms with Crippen LogP contribution >= 0.6 is 0 Å². The molecule has 0 saturated carbocycles. The van der Waals surface area contributed by atoms with Gasteiger partial charge in [-0.25, -0.2) is 4.79 Å². The number of anilines is 2. The van der Waals surface area contributed by atoms with E-state index >= 15 is 0 Å². The van der Waals surface area contributed by atoms with Gasteiger partial charge in [-0.2, -0.15) is 30.7 Å². The maximum Gasteiger partial charge on any atom is 0.453 e. The van der Waals surface area contributed by atoms with Gasteiger partial charge in [0.05, 0.1) is 17.9 Å². The Bertz CT molecular complexity index is 1380. The number of ether oxygens (including phenoxy) is 4. The maximum atomic E-state index is 14.6. The van der Waals surface area contributed by atoms with Gasteiger partial charge in [0.15, 0.2) is 0 Å². The minimum absolute atomic E-state index is 0.00330. The molecule has 0 aliphatic rings. The molecule has 0 aromatic heterocycles. The van der Waals surface area contributed by atoms with Crippen LogP contribution in [0.25, 0.3) is 6.08 Å². The van der Waals surface area contributed by atoms with E-state index in [1.54, 1.807) is 12.1 Å². The van der Waals surface area contributed by atoms with Crippen LogP contribution in [0, 0.1) is 0 Å². The van der Waals surface area contributed by atoms with Gasteiger partial charge in [-0.1, -0.05) is 12.1 Å². The molecule has 0 spiro atoms. The average Bonchev–Trinajstić information content (AvgIpc) is 2.93. The molecule has 3 aromatic carbocycles. The summed E-state index contributed by atoms with van der Waals surface area (Å²) < 4.78 is 112. The third kappa shape index (κ3) is 10.0. The lowest BCUT2D eigenvalue weighted by molar-refractivity contribution is -0.284. The minimum atomic E-state index is -5.66. The van der Waals surface area contributed by atoms with Crippen molar-refractivity contribution < 1.29 is 54.5 Å². The number of alkyl halides is 7. The first kappa shape index (κ1) is 32.9. The average molecular weight is 617 g/mol. The number of esters is 1. The molecular weight excluding hydrogens is 589 g/mol. The third-order valence-corrected chi connectivity index (χ3v) is 5.67. The topological polar surface area (TPSA) is 106 Å². The highest BCUT2D eigenvalue weighted by atomic mass is 19.4. The van der Waals surface area contributed by atoms with Crippen molar-refractivity contribution in [3.63, 3.8) is 0 Å². The smallest absolute Gasteiger partial charge is 0.453 e. The van der Waals surface area contributed by atoms with E-state index in [0.717, 1.165) is 30.3 Å². The van der Waals surface area contributed by atoms with Gasteiger partial charge in [0.2, 0.25) is 0 Å². The van der Waals surface area contributed by atoms with Crippen LogP contribution in [0.2, 0.25) is 0 Å². The van der Waals surface area contributed by atoms with E-state index in [9.17, 15) is 35.5 Å². The first-order chi connectivity index (χ1) is 20.2. The normalized spacial score (nSPS) is 12.3. The molecule has 0 aliphatic heterocycles. The Kier molecular flexibility index (Phi) is 10.7. The summed E-state index contributed by atoms with van der Waals surface area (Å²) in [5, 5.41) is 0. The van der Waals surface area contributed by atoms with Crippen LogP contribution in [-0.4, -0.2) is 37.9 Å². The second-order valence-electron chi connectivity index (χ2n) is 9.01. The van der Waals surface area contributed by atoms with Crippen molar-refractivity contribution in [3.8, 4) is 17.2 Å². The quantitative estimate of drug-likeness (QED) is 0.0663. The number of benzene rings is 3. The molecule has 0 heterocycles. The molecule has 0 unspecified atom stereocenters. The predicted octanol–water partition coefficient (Wildman–Crippen LogP) is 6.97. The van der Waals surface area contributed by atoms with E-state index in [4.69, 9.17) is 30.4 Å². The number of rotatable bonds is 14. The highest BCUT2D eigenvalue weighted by Crippen LogP contribution is 2.39. The molecule has 0 amide bonds. The van der Waals surface area contributed by atoms with E-state index < -0.39 is 49.2 Å². The van der Waals surface area contributed by atoms with E-state index in [1.807, 2.05) is 0 Å². The Hall–Kier alpha value is -4.62. The molecule has 14 heteroatoms. The van der Waals surface area contributed by atoms with Crippen molar-refractivity contribution in [2.75, 3.05) is 31.3 Å². The van der Waals surface area contributed by atoms with E-state index in [1.165, 1.54) is 36.4 Å². The Morgan fingerprint density at radius 3 is 2.05 bits per heavy atom. The molecule has 4 N–H and O–H groups in total. The van der Waals surface area contributed by atoms with Gasteiger partial charge in [-0.15, -0.1) is 0 Å². The van der Waals surface area contributed by atoms with Gasteiger partial charge >= 0.3 is 24.2 Å². The van der Waals surface area contributed by atoms with E-state index in [-0.39, 0.29) is 24.7 Å². The van der Waals surface area contributed by atoms with Crippen molar-refractivity contribution in [2.45, 2.75) is 31.0 Å². The summed E-state index contributed by atoms with van der Waals surface area (Å²) in [6.45, 7) is -0.468. The summed E-state index contributed by atoms with van der Waals surface area (Å²) in [6, 6.07) is 14.3. The van der Waals surface area contributed by atoms with Crippen molar-refractivity contribution >= 4 is 23.4 Å². The number of halogens is 7. The highest BCUT2D eigenvalue weighted by Gasteiger charge is 2.56. The molecule has 0 bridgehead atoms. The second kappa shape index (κ2) is 14.0. The van der Waals surface area contributed by atoms with Crippen LogP contribution < -0.4 is 25.7 Å². The Balaban J connectivity index is 1.43. The van der Waals surface area contributed by atoms with Crippen molar-refractivity contribution in [1.82, 2.24) is 0 Å². The number of nitrogens with two attached hydrogens (primary N) is 2. The second-order valence-corrected chi connectivity index (χ2v) is 9.01. The van der Waals surface area contributed by atoms with Crippen LogP contribution in [0.5, 0.6) is 17.2 Å². The lowest BCUT2D eigenvalue weighted by atomic mass is 10.2. The molecule has 0 atom stereocenters. The van der Waals surface area contributed by atoms with Gasteiger partial charge in [0.1, 0.15) is 30.5 Å². The molecule has 43 heavy (non-hydrogen) atoms. The molecule has 0 radical (unpaired) electrons. The van der Waals surface area contributed by atoms with Crippen LogP contribution in [-0.2, 0) is 15.6 Å².